The van der Waals surface area contributed by atoms with E-state index in [1.807, 2.05) is 13.8 Å². The summed E-state index contributed by atoms with van der Waals surface area (Å²) in [5, 5.41) is 21.4. The largest absolute Gasteiger partial charge is 0.476 e. The van der Waals surface area contributed by atoms with Crippen LogP contribution in [-0.2, 0) is 10.0 Å². The van der Waals surface area contributed by atoms with Crippen molar-refractivity contribution in [1.29, 1.82) is 0 Å². The lowest BCUT2D eigenvalue weighted by atomic mass is 10.1. The molecule has 0 atom stereocenters. The Morgan fingerprint density at radius 1 is 1.33 bits per heavy atom. The first-order valence-corrected chi connectivity index (χ1v) is 7.57. The van der Waals surface area contributed by atoms with Crippen LogP contribution in [0.2, 0.25) is 0 Å². The van der Waals surface area contributed by atoms with E-state index in [0.29, 0.717) is 0 Å². The number of sulfonamides is 1. The first kappa shape index (κ1) is 15.0. The molecular formula is C11H15N5O4S. The molecule has 0 spiro atoms. The summed E-state index contributed by atoms with van der Waals surface area (Å²) >= 11 is 0. The van der Waals surface area contributed by atoms with Crippen molar-refractivity contribution in [2.45, 2.75) is 31.6 Å². The highest BCUT2D eigenvalue weighted by molar-refractivity contribution is 7.92. The Morgan fingerprint density at radius 2 is 2.00 bits per heavy atom. The number of aromatic nitrogens is 4. The highest BCUT2D eigenvalue weighted by Gasteiger charge is 2.28. The first-order chi connectivity index (χ1) is 9.72. The van der Waals surface area contributed by atoms with E-state index in [0.717, 1.165) is 5.69 Å². The van der Waals surface area contributed by atoms with Crippen molar-refractivity contribution < 1.29 is 18.3 Å². The van der Waals surface area contributed by atoms with Crippen LogP contribution in [0.4, 0.5) is 5.82 Å². The van der Waals surface area contributed by atoms with Gasteiger partial charge in [0.25, 0.3) is 10.0 Å². The van der Waals surface area contributed by atoms with Gasteiger partial charge in [0.05, 0.1) is 5.69 Å². The molecule has 0 saturated heterocycles. The normalized spacial score (nSPS) is 11.8. The SMILES string of the molecule is Cc1[nH]nc(C(=O)O)c1S(=O)(=O)Nc1cc(C(C)C)[nH]n1. The Labute approximate surface area is 120 Å². The van der Waals surface area contributed by atoms with Gasteiger partial charge in [-0.25, -0.2) is 13.2 Å². The lowest BCUT2D eigenvalue weighted by Crippen LogP contribution is -2.17. The smallest absolute Gasteiger partial charge is 0.357 e. The van der Waals surface area contributed by atoms with Crippen LogP contribution < -0.4 is 4.72 Å². The first-order valence-electron chi connectivity index (χ1n) is 6.08. The number of aryl methyl sites for hydroxylation is 1. The predicted molar refractivity (Wildman–Crippen MR) is 73.8 cm³/mol. The van der Waals surface area contributed by atoms with Crippen LogP contribution in [0.15, 0.2) is 11.0 Å². The number of hydrogen-bond acceptors (Lipinski definition) is 5. The average molecular weight is 313 g/mol. The number of H-pyrrole nitrogens is 2. The van der Waals surface area contributed by atoms with Gasteiger partial charge in [-0.2, -0.15) is 10.2 Å². The number of carboxylic acid groups (broad SMARTS) is 1. The van der Waals surface area contributed by atoms with Crippen molar-refractivity contribution in [1.82, 2.24) is 20.4 Å². The zero-order chi connectivity index (χ0) is 15.8. The fourth-order valence-electron chi connectivity index (χ4n) is 1.77. The number of rotatable bonds is 5. The van der Waals surface area contributed by atoms with Crippen molar-refractivity contribution >= 4 is 21.8 Å². The molecule has 0 saturated carbocycles. The van der Waals surface area contributed by atoms with Gasteiger partial charge in [0.1, 0.15) is 4.90 Å². The zero-order valence-electron chi connectivity index (χ0n) is 11.6. The molecule has 0 aliphatic carbocycles. The van der Waals surface area contributed by atoms with Crippen molar-refractivity contribution in [3.05, 3.63) is 23.1 Å². The van der Waals surface area contributed by atoms with E-state index in [1.54, 1.807) is 6.07 Å². The van der Waals surface area contributed by atoms with Crippen molar-refractivity contribution in [3.63, 3.8) is 0 Å². The number of carboxylic acids is 1. The van der Waals surface area contributed by atoms with Crippen LogP contribution in [0.1, 0.15) is 41.6 Å². The minimum absolute atomic E-state index is 0.0932. The quantitative estimate of drug-likeness (QED) is 0.650. The highest BCUT2D eigenvalue weighted by Crippen LogP contribution is 2.22. The molecule has 0 aliphatic rings. The maximum Gasteiger partial charge on any atom is 0.357 e. The second-order valence-corrected chi connectivity index (χ2v) is 6.42. The van der Waals surface area contributed by atoms with Crippen LogP contribution in [0.3, 0.4) is 0 Å². The minimum atomic E-state index is -4.10. The monoisotopic (exact) mass is 313 g/mol. The standard InChI is InChI=1S/C11H15N5O4S/c1-5(2)7-4-8(14-13-7)16-21(19,20)10-6(3)12-15-9(10)11(17)18/h4-5H,1-3H3,(H,12,15)(H,17,18)(H2,13,14,16). The molecule has 0 aliphatic heterocycles. The number of aromatic carboxylic acids is 1. The van der Waals surface area contributed by atoms with Crippen LogP contribution >= 0.6 is 0 Å². The van der Waals surface area contributed by atoms with E-state index in [-0.39, 0.29) is 17.4 Å². The third kappa shape index (κ3) is 2.89. The molecule has 114 valence electrons. The molecule has 2 aromatic rings. The Kier molecular flexibility index (Phi) is 3.73. The molecule has 2 heterocycles. The van der Waals surface area contributed by atoms with Gasteiger partial charge in [0.2, 0.25) is 0 Å². The van der Waals surface area contributed by atoms with Gasteiger partial charge in [-0.1, -0.05) is 13.8 Å². The van der Waals surface area contributed by atoms with E-state index < -0.39 is 26.6 Å². The van der Waals surface area contributed by atoms with Crippen molar-refractivity contribution in [2.24, 2.45) is 0 Å². The summed E-state index contributed by atoms with van der Waals surface area (Å²) in [6.45, 7) is 5.28. The van der Waals surface area contributed by atoms with Gasteiger partial charge < -0.3 is 5.11 Å². The lowest BCUT2D eigenvalue weighted by molar-refractivity contribution is 0.0686. The van der Waals surface area contributed by atoms with Gasteiger partial charge in [0.15, 0.2) is 11.5 Å². The second kappa shape index (κ2) is 5.20. The molecule has 2 aromatic heterocycles. The third-order valence-corrected chi connectivity index (χ3v) is 4.34. The van der Waals surface area contributed by atoms with E-state index >= 15 is 0 Å². The summed E-state index contributed by atoms with van der Waals surface area (Å²) in [6, 6.07) is 1.55. The van der Waals surface area contributed by atoms with Crippen molar-refractivity contribution in [2.75, 3.05) is 4.72 Å². The Morgan fingerprint density at radius 3 is 2.52 bits per heavy atom. The summed E-state index contributed by atoms with van der Waals surface area (Å²) < 4.78 is 26.8. The van der Waals surface area contributed by atoms with E-state index in [9.17, 15) is 13.2 Å². The summed E-state index contributed by atoms with van der Waals surface area (Å²) in [7, 11) is -4.10. The second-order valence-electron chi connectivity index (χ2n) is 4.80. The molecule has 0 fully saturated rings. The number of anilines is 1. The molecule has 0 aromatic carbocycles. The van der Waals surface area contributed by atoms with E-state index in [2.05, 4.69) is 25.1 Å². The fraction of sp³-hybridized carbons (Fsp3) is 0.364. The Hall–Kier alpha value is -2.36. The average Bonchev–Trinajstić information content (AvgIpc) is 2.95. The molecule has 2 rings (SSSR count). The highest BCUT2D eigenvalue weighted by atomic mass is 32.2. The maximum absolute atomic E-state index is 12.3. The van der Waals surface area contributed by atoms with Crippen LogP contribution in [0, 0.1) is 6.92 Å². The van der Waals surface area contributed by atoms with E-state index in [1.165, 1.54) is 6.92 Å². The maximum atomic E-state index is 12.3. The number of aromatic amines is 2. The summed E-state index contributed by atoms with van der Waals surface area (Å²) in [5.41, 5.74) is 0.342. The van der Waals surface area contributed by atoms with Crippen LogP contribution in [0.25, 0.3) is 0 Å². The fourth-order valence-corrected chi connectivity index (χ4v) is 3.08. The van der Waals surface area contributed by atoms with Gasteiger partial charge in [0, 0.05) is 11.8 Å². The third-order valence-electron chi connectivity index (χ3n) is 2.82. The molecule has 0 radical (unpaired) electrons. The van der Waals surface area contributed by atoms with Crippen LogP contribution in [0.5, 0.6) is 0 Å². The molecule has 0 amide bonds. The van der Waals surface area contributed by atoms with E-state index in [4.69, 9.17) is 5.11 Å². The molecule has 9 nitrogen and oxygen atoms in total. The molecule has 0 unspecified atom stereocenters. The predicted octanol–water partition coefficient (Wildman–Crippen LogP) is 1.06. The Balaban J connectivity index is 2.38. The molecule has 4 N–H and O–H groups in total. The van der Waals surface area contributed by atoms with Gasteiger partial charge in [-0.3, -0.25) is 14.9 Å². The van der Waals surface area contributed by atoms with Gasteiger partial charge in [-0.15, -0.1) is 0 Å². The Bertz CT molecular complexity index is 774. The molecule has 0 bridgehead atoms. The summed E-state index contributed by atoms with van der Waals surface area (Å²) in [4.78, 5) is 10.6. The summed E-state index contributed by atoms with van der Waals surface area (Å²) in [6.07, 6.45) is 0. The number of carbonyl (C=O) groups is 1. The molecular weight excluding hydrogens is 298 g/mol. The lowest BCUT2D eigenvalue weighted by Gasteiger charge is -2.05. The van der Waals surface area contributed by atoms with Crippen LogP contribution in [-0.4, -0.2) is 39.9 Å². The van der Waals surface area contributed by atoms with Gasteiger partial charge >= 0.3 is 5.97 Å². The minimum Gasteiger partial charge on any atom is -0.476 e. The molecule has 10 heteroatoms. The van der Waals surface area contributed by atoms with Crippen molar-refractivity contribution in [3.8, 4) is 0 Å². The number of nitrogens with one attached hydrogen (secondary N) is 3. The summed E-state index contributed by atoms with van der Waals surface area (Å²) in [5.74, 6) is -1.18. The number of nitrogens with zero attached hydrogens (tertiary/aromatic N) is 2. The molecule has 21 heavy (non-hydrogen) atoms. The topological polar surface area (TPSA) is 141 Å². The van der Waals surface area contributed by atoms with Gasteiger partial charge in [-0.05, 0) is 12.8 Å². The number of hydrogen-bond donors (Lipinski definition) is 4. The zero-order valence-corrected chi connectivity index (χ0v) is 12.4.